The zero-order valence-corrected chi connectivity index (χ0v) is 7.40. The molecule has 7 nitrogen and oxygen atoms in total. The van der Waals surface area contributed by atoms with Gasteiger partial charge in [-0.2, -0.15) is 0 Å². The second-order valence-corrected chi connectivity index (χ2v) is 2.94. The molecule has 1 saturated heterocycles. The number of methoxy groups -OCH3 is 1. The first-order valence-corrected chi connectivity index (χ1v) is 3.94. The van der Waals surface area contributed by atoms with Gasteiger partial charge in [0.25, 0.3) is 0 Å². The van der Waals surface area contributed by atoms with Crippen molar-refractivity contribution in [3.05, 3.63) is 0 Å². The molecule has 15 heavy (non-hydrogen) atoms. The van der Waals surface area contributed by atoms with Gasteiger partial charge in [0.15, 0.2) is 12.4 Å². The first-order chi connectivity index (χ1) is 6.49. The number of aliphatic hydroxyl groups excluding tert-OH is 4. The second kappa shape index (κ2) is 6.12. The Morgan fingerprint density at radius 2 is 1.67 bits per heavy atom. The molecular formula is C7H13NaO7. The van der Waals surface area contributed by atoms with E-state index in [0.29, 0.717) is 0 Å². The van der Waals surface area contributed by atoms with E-state index in [1.165, 1.54) is 0 Å². The third kappa shape index (κ3) is 3.11. The molecule has 0 aromatic carbocycles. The standard InChI is InChI=1S/C7H12O7.Na.H/c1-13-7(12)5-3(9)2(8)4(10)6(11)14-5;;/h2-6,8-11H,1H3;;/t2-,3-,4+,5-,6+;;/m0../s1. The van der Waals surface area contributed by atoms with Crippen molar-refractivity contribution in [2.24, 2.45) is 0 Å². The molecule has 84 valence electrons. The number of hydrogen-bond donors (Lipinski definition) is 4. The summed E-state index contributed by atoms with van der Waals surface area (Å²) in [5.74, 6) is -0.928. The van der Waals surface area contributed by atoms with Gasteiger partial charge in [-0.1, -0.05) is 0 Å². The first-order valence-electron chi connectivity index (χ1n) is 3.94. The summed E-state index contributed by atoms with van der Waals surface area (Å²) in [5, 5.41) is 36.5. The van der Waals surface area contributed by atoms with E-state index in [9.17, 15) is 15.0 Å². The van der Waals surface area contributed by atoms with Gasteiger partial charge in [-0.3, -0.25) is 0 Å². The van der Waals surface area contributed by atoms with Gasteiger partial charge in [0.2, 0.25) is 0 Å². The van der Waals surface area contributed by atoms with Crippen LogP contribution in [0, 0.1) is 0 Å². The van der Waals surface area contributed by atoms with Crippen LogP contribution in [-0.4, -0.2) is 93.8 Å². The Hall–Kier alpha value is 0.270. The van der Waals surface area contributed by atoms with Crippen molar-refractivity contribution in [2.45, 2.75) is 30.7 Å². The molecule has 0 aliphatic carbocycles. The maximum atomic E-state index is 11.0. The van der Waals surface area contributed by atoms with Crippen molar-refractivity contribution in [1.82, 2.24) is 0 Å². The van der Waals surface area contributed by atoms with Gasteiger partial charge in [-0.15, -0.1) is 0 Å². The van der Waals surface area contributed by atoms with E-state index < -0.39 is 36.7 Å². The van der Waals surface area contributed by atoms with Crippen molar-refractivity contribution in [1.29, 1.82) is 0 Å². The number of hydrogen-bond acceptors (Lipinski definition) is 7. The minimum atomic E-state index is -1.72. The van der Waals surface area contributed by atoms with Crippen molar-refractivity contribution in [2.75, 3.05) is 7.11 Å². The molecule has 0 amide bonds. The molecule has 1 aliphatic rings. The number of rotatable bonds is 1. The molecule has 0 unspecified atom stereocenters. The average Bonchev–Trinajstić information content (AvgIpc) is 2.19. The third-order valence-corrected chi connectivity index (χ3v) is 2.02. The van der Waals surface area contributed by atoms with E-state index in [-0.39, 0.29) is 29.6 Å². The summed E-state index contributed by atoms with van der Waals surface area (Å²) < 4.78 is 8.82. The Labute approximate surface area is 108 Å². The molecule has 1 heterocycles. The number of carbonyl (C=O) groups excluding carboxylic acids is 1. The number of aliphatic hydroxyl groups is 4. The Kier molecular flexibility index (Phi) is 6.23. The maximum absolute atomic E-state index is 11.0. The topological polar surface area (TPSA) is 116 Å². The molecule has 1 fully saturated rings. The van der Waals surface area contributed by atoms with Gasteiger partial charge in [0.05, 0.1) is 7.11 Å². The summed E-state index contributed by atoms with van der Waals surface area (Å²) in [6.07, 6.45) is -8.14. The predicted octanol–water partition coefficient (Wildman–Crippen LogP) is -3.69. The monoisotopic (exact) mass is 232 g/mol. The van der Waals surface area contributed by atoms with Crippen molar-refractivity contribution in [3.63, 3.8) is 0 Å². The Morgan fingerprint density at radius 3 is 2.13 bits per heavy atom. The molecule has 4 N–H and O–H groups in total. The zero-order chi connectivity index (χ0) is 10.9. The quantitative estimate of drug-likeness (QED) is 0.271. The molecule has 0 spiro atoms. The molecule has 0 bridgehead atoms. The fourth-order valence-electron chi connectivity index (χ4n) is 1.17. The van der Waals surface area contributed by atoms with Crippen LogP contribution in [0.15, 0.2) is 0 Å². The van der Waals surface area contributed by atoms with Gasteiger partial charge in [0, 0.05) is 0 Å². The fourth-order valence-corrected chi connectivity index (χ4v) is 1.17. The van der Waals surface area contributed by atoms with E-state index in [1.54, 1.807) is 0 Å². The first kappa shape index (κ1) is 15.3. The van der Waals surface area contributed by atoms with Crippen LogP contribution in [0.5, 0.6) is 0 Å². The summed E-state index contributed by atoms with van der Waals surface area (Å²) in [7, 11) is 1.07. The van der Waals surface area contributed by atoms with Crippen LogP contribution in [0.3, 0.4) is 0 Å². The zero-order valence-electron chi connectivity index (χ0n) is 7.40. The summed E-state index contributed by atoms with van der Waals surface area (Å²) >= 11 is 0. The van der Waals surface area contributed by atoms with Crippen molar-refractivity contribution < 1.29 is 34.7 Å². The van der Waals surface area contributed by atoms with Crippen molar-refractivity contribution in [3.8, 4) is 0 Å². The number of ether oxygens (including phenoxy) is 2. The summed E-state index contributed by atoms with van der Waals surface area (Å²) in [4.78, 5) is 11.0. The van der Waals surface area contributed by atoms with Crippen molar-refractivity contribution >= 4 is 35.5 Å². The van der Waals surface area contributed by atoms with Gasteiger partial charge in [-0.05, 0) is 0 Å². The van der Waals surface area contributed by atoms with Gasteiger partial charge in [0.1, 0.15) is 18.3 Å². The molecule has 0 aromatic rings. The summed E-state index contributed by atoms with van der Waals surface area (Å²) in [5.41, 5.74) is 0. The van der Waals surface area contributed by atoms with Crippen LogP contribution < -0.4 is 0 Å². The van der Waals surface area contributed by atoms with Crippen LogP contribution in [0.1, 0.15) is 0 Å². The number of carbonyl (C=O) groups is 1. The SMILES string of the molecule is COC(=O)[C@H]1O[C@@H](O)[C@H](O)[C@@H](O)[C@@H]1O.[NaH]. The van der Waals surface area contributed by atoms with Crippen LogP contribution in [0.2, 0.25) is 0 Å². The summed E-state index contributed by atoms with van der Waals surface area (Å²) in [6.45, 7) is 0. The van der Waals surface area contributed by atoms with E-state index in [0.717, 1.165) is 7.11 Å². The van der Waals surface area contributed by atoms with E-state index >= 15 is 0 Å². The Bertz CT molecular complexity index is 223. The summed E-state index contributed by atoms with van der Waals surface area (Å²) in [6, 6.07) is 0. The van der Waals surface area contributed by atoms with E-state index in [4.69, 9.17) is 10.2 Å². The van der Waals surface area contributed by atoms with E-state index in [1.807, 2.05) is 0 Å². The van der Waals surface area contributed by atoms with Crippen LogP contribution >= 0.6 is 0 Å². The minimum absolute atomic E-state index is 0. The van der Waals surface area contributed by atoms with E-state index in [2.05, 4.69) is 9.47 Å². The van der Waals surface area contributed by atoms with Gasteiger partial charge in [-0.25, -0.2) is 4.79 Å². The van der Waals surface area contributed by atoms with Gasteiger partial charge >= 0.3 is 35.5 Å². The molecule has 1 rings (SSSR count). The normalized spacial score (nSPS) is 40.5. The number of esters is 1. The molecule has 5 atom stereocenters. The predicted molar refractivity (Wildman–Crippen MR) is 48.1 cm³/mol. The second-order valence-electron chi connectivity index (χ2n) is 2.94. The molecular weight excluding hydrogens is 219 g/mol. The molecule has 0 saturated carbocycles. The Balaban J connectivity index is 0.00000196. The van der Waals surface area contributed by atoms with Crippen LogP contribution in [0.25, 0.3) is 0 Å². The molecule has 1 aliphatic heterocycles. The molecule has 8 heteroatoms. The third-order valence-electron chi connectivity index (χ3n) is 2.02. The van der Waals surface area contributed by atoms with Gasteiger partial charge < -0.3 is 29.9 Å². The van der Waals surface area contributed by atoms with Crippen LogP contribution in [0.4, 0.5) is 0 Å². The average molecular weight is 232 g/mol. The molecule has 0 aromatic heterocycles. The van der Waals surface area contributed by atoms with Crippen LogP contribution in [-0.2, 0) is 14.3 Å². The Morgan fingerprint density at radius 1 is 1.13 bits per heavy atom. The fraction of sp³-hybridized carbons (Fsp3) is 0.857. The molecule has 0 radical (unpaired) electrons.